The lowest BCUT2D eigenvalue weighted by atomic mass is 10.2. The van der Waals surface area contributed by atoms with Gasteiger partial charge in [-0.1, -0.05) is 22.9 Å². The van der Waals surface area contributed by atoms with Crippen LogP contribution in [0.3, 0.4) is 0 Å². The second kappa shape index (κ2) is 3.68. The number of hydrogen-bond acceptors (Lipinski definition) is 0. The molecule has 0 fully saturated rings. The third-order valence-electron chi connectivity index (χ3n) is 1.47. The van der Waals surface area contributed by atoms with Gasteiger partial charge < -0.3 is 0 Å². The van der Waals surface area contributed by atoms with Gasteiger partial charge in [0.15, 0.2) is 0 Å². The zero-order chi connectivity index (χ0) is 8.43. The van der Waals surface area contributed by atoms with Crippen molar-refractivity contribution in [2.45, 2.75) is 13.3 Å². The highest BCUT2D eigenvalue weighted by Crippen LogP contribution is 2.24. The van der Waals surface area contributed by atoms with Gasteiger partial charge in [0, 0.05) is 4.47 Å². The van der Waals surface area contributed by atoms with E-state index in [-0.39, 0.29) is 5.82 Å². The van der Waals surface area contributed by atoms with E-state index in [1.807, 2.05) is 6.92 Å². The molecule has 0 aliphatic rings. The molecule has 0 saturated heterocycles. The van der Waals surface area contributed by atoms with Crippen molar-refractivity contribution in [2.75, 3.05) is 0 Å². The Hall–Kier alpha value is 0.110. The van der Waals surface area contributed by atoms with Crippen LogP contribution >= 0.6 is 31.9 Å². The SMILES string of the molecule is CCc1cc(Br)c(F)cc1Br. The summed E-state index contributed by atoms with van der Waals surface area (Å²) in [7, 11) is 0. The van der Waals surface area contributed by atoms with E-state index in [1.54, 1.807) is 6.07 Å². The van der Waals surface area contributed by atoms with E-state index >= 15 is 0 Å². The number of benzene rings is 1. The van der Waals surface area contributed by atoms with Crippen molar-refractivity contribution >= 4 is 31.9 Å². The summed E-state index contributed by atoms with van der Waals surface area (Å²) >= 11 is 6.41. The second-order valence-electron chi connectivity index (χ2n) is 2.21. The van der Waals surface area contributed by atoms with Crippen molar-refractivity contribution in [3.05, 3.63) is 32.5 Å². The molecule has 60 valence electrons. The molecule has 1 aromatic rings. The Morgan fingerprint density at radius 3 is 2.45 bits per heavy atom. The Balaban J connectivity index is 3.21. The molecule has 11 heavy (non-hydrogen) atoms. The first kappa shape index (κ1) is 9.20. The molecule has 0 N–H and O–H groups in total. The van der Waals surface area contributed by atoms with Crippen molar-refractivity contribution in [3.63, 3.8) is 0 Å². The predicted molar refractivity (Wildman–Crippen MR) is 51.2 cm³/mol. The molecule has 1 rings (SSSR count). The van der Waals surface area contributed by atoms with E-state index in [0.29, 0.717) is 4.47 Å². The molecule has 0 aliphatic heterocycles. The fourth-order valence-electron chi connectivity index (χ4n) is 0.835. The van der Waals surface area contributed by atoms with E-state index < -0.39 is 0 Å². The molecule has 0 radical (unpaired) electrons. The Morgan fingerprint density at radius 1 is 1.27 bits per heavy atom. The summed E-state index contributed by atoms with van der Waals surface area (Å²) in [5.74, 6) is -0.228. The zero-order valence-electron chi connectivity index (χ0n) is 6.00. The van der Waals surface area contributed by atoms with Gasteiger partial charge in [-0.25, -0.2) is 4.39 Å². The van der Waals surface area contributed by atoms with Crippen LogP contribution in [0.1, 0.15) is 12.5 Å². The largest absolute Gasteiger partial charge is 0.206 e. The summed E-state index contributed by atoms with van der Waals surface area (Å²) in [5.41, 5.74) is 1.11. The Bertz CT molecular complexity index is 271. The minimum atomic E-state index is -0.228. The van der Waals surface area contributed by atoms with Crippen molar-refractivity contribution in [3.8, 4) is 0 Å². The van der Waals surface area contributed by atoms with Gasteiger partial charge in [0.2, 0.25) is 0 Å². The molecular weight excluding hydrogens is 275 g/mol. The van der Waals surface area contributed by atoms with Gasteiger partial charge in [0.05, 0.1) is 4.47 Å². The number of hydrogen-bond donors (Lipinski definition) is 0. The summed E-state index contributed by atoms with van der Waals surface area (Å²) in [6.45, 7) is 2.03. The fourth-order valence-corrected chi connectivity index (χ4v) is 1.82. The van der Waals surface area contributed by atoms with E-state index in [2.05, 4.69) is 31.9 Å². The molecule has 0 saturated carbocycles. The van der Waals surface area contributed by atoms with Gasteiger partial charge in [-0.15, -0.1) is 0 Å². The first-order valence-electron chi connectivity index (χ1n) is 3.28. The average molecular weight is 282 g/mol. The highest BCUT2D eigenvalue weighted by atomic mass is 79.9. The Labute approximate surface area is 82.1 Å². The molecule has 0 nitrogen and oxygen atoms in total. The first-order valence-corrected chi connectivity index (χ1v) is 4.87. The molecule has 3 heteroatoms. The van der Waals surface area contributed by atoms with Crippen molar-refractivity contribution in [1.82, 2.24) is 0 Å². The summed E-state index contributed by atoms with van der Waals surface area (Å²) < 4.78 is 14.2. The maximum absolute atomic E-state index is 12.8. The van der Waals surface area contributed by atoms with Crippen molar-refractivity contribution < 1.29 is 4.39 Å². The van der Waals surface area contributed by atoms with Gasteiger partial charge in [-0.05, 0) is 40.0 Å². The maximum atomic E-state index is 12.8. The zero-order valence-corrected chi connectivity index (χ0v) is 9.17. The van der Waals surface area contributed by atoms with Crippen LogP contribution in [0.5, 0.6) is 0 Å². The Morgan fingerprint density at radius 2 is 1.91 bits per heavy atom. The van der Waals surface area contributed by atoms with Gasteiger partial charge >= 0.3 is 0 Å². The first-order chi connectivity index (χ1) is 5.15. The molecule has 0 bridgehead atoms. The molecule has 0 unspecified atom stereocenters. The van der Waals surface area contributed by atoms with Gasteiger partial charge in [0.25, 0.3) is 0 Å². The molecule has 0 aliphatic carbocycles. The summed E-state index contributed by atoms with van der Waals surface area (Å²) in [4.78, 5) is 0. The van der Waals surface area contributed by atoms with Crippen LogP contribution in [-0.4, -0.2) is 0 Å². The lowest BCUT2D eigenvalue weighted by Gasteiger charge is -2.02. The van der Waals surface area contributed by atoms with Crippen LogP contribution in [0.2, 0.25) is 0 Å². The standard InChI is InChI=1S/C8H7Br2F/c1-2-5-3-7(10)8(11)4-6(5)9/h3-4H,2H2,1H3. The minimum Gasteiger partial charge on any atom is -0.206 e. The summed E-state index contributed by atoms with van der Waals surface area (Å²) in [6.07, 6.45) is 0.902. The van der Waals surface area contributed by atoms with E-state index in [1.165, 1.54) is 6.07 Å². The lowest BCUT2D eigenvalue weighted by Crippen LogP contribution is -1.85. The molecule has 1 aromatic carbocycles. The highest BCUT2D eigenvalue weighted by Gasteiger charge is 2.03. The van der Waals surface area contributed by atoms with Crippen LogP contribution in [0.4, 0.5) is 4.39 Å². The van der Waals surface area contributed by atoms with Crippen LogP contribution in [0.25, 0.3) is 0 Å². The van der Waals surface area contributed by atoms with Crippen LogP contribution in [0, 0.1) is 5.82 Å². The smallest absolute Gasteiger partial charge is 0.138 e. The van der Waals surface area contributed by atoms with Gasteiger partial charge in [0.1, 0.15) is 5.82 Å². The van der Waals surface area contributed by atoms with Crippen LogP contribution in [0.15, 0.2) is 21.1 Å². The lowest BCUT2D eigenvalue weighted by molar-refractivity contribution is 0.619. The summed E-state index contributed by atoms with van der Waals surface area (Å²) in [5, 5.41) is 0. The van der Waals surface area contributed by atoms with E-state index in [4.69, 9.17) is 0 Å². The Kier molecular flexibility index (Phi) is 3.07. The molecular formula is C8H7Br2F. The van der Waals surface area contributed by atoms with Crippen LogP contribution < -0.4 is 0 Å². The second-order valence-corrected chi connectivity index (χ2v) is 3.92. The molecule has 0 atom stereocenters. The predicted octanol–water partition coefficient (Wildman–Crippen LogP) is 3.91. The van der Waals surface area contributed by atoms with Crippen LogP contribution in [-0.2, 0) is 6.42 Å². The van der Waals surface area contributed by atoms with Crippen molar-refractivity contribution in [1.29, 1.82) is 0 Å². The highest BCUT2D eigenvalue weighted by molar-refractivity contribution is 9.11. The van der Waals surface area contributed by atoms with Crippen molar-refractivity contribution in [2.24, 2.45) is 0 Å². The topological polar surface area (TPSA) is 0 Å². The third kappa shape index (κ3) is 2.03. The molecule has 0 aromatic heterocycles. The number of rotatable bonds is 1. The maximum Gasteiger partial charge on any atom is 0.138 e. The molecule has 0 amide bonds. The third-order valence-corrected chi connectivity index (χ3v) is 2.82. The van der Waals surface area contributed by atoms with E-state index in [9.17, 15) is 4.39 Å². The normalized spacial score (nSPS) is 10.2. The fraction of sp³-hybridized carbons (Fsp3) is 0.250. The monoisotopic (exact) mass is 280 g/mol. The number of halogens is 3. The minimum absolute atomic E-state index is 0.228. The summed E-state index contributed by atoms with van der Waals surface area (Å²) in [6, 6.07) is 3.27. The van der Waals surface area contributed by atoms with Gasteiger partial charge in [-0.3, -0.25) is 0 Å². The number of aryl methyl sites for hydroxylation is 1. The van der Waals surface area contributed by atoms with Gasteiger partial charge in [-0.2, -0.15) is 0 Å². The van der Waals surface area contributed by atoms with E-state index in [0.717, 1.165) is 16.5 Å². The molecule has 0 spiro atoms. The average Bonchev–Trinajstić information content (AvgIpc) is 1.97. The quantitative estimate of drug-likeness (QED) is 0.685. The molecule has 0 heterocycles.